The van der Waals surface area contributed by atoms with Gasteiger partial charge in [0.05, 0.1) is 26.2 Å². The predicted molar refractivity (Wildman–Crippen MR) is 98.3 cm³/mol. The van der Waals surface area contributed by atoms with Gasteiger partial charge in [-0.3, -0.25) is 4.79 Å². The number of hydrogen-bond donors (Lipinski definition) is 1. The second-order valence-corrected chi connectivity index (χ2v) is 6.83. The Labute approximate surface area is 146 Å². The number of hydrogen-bond acceptors (Lipinski definition) is 3. The highest BCUT2D eigenvalue weighted by atomic mass is 16.5. The van der Waals surface area contributed by atoms with Crippen molar-refractivity contribution in [2.45, 2.75) is 46.5 Å². The van der Waals surface area contributed by atoms with Crippen LogP contribution in [0.4, 0.5) is 0 Å². The van der Waals surface area contributed by atoms with Crippen LogP contribution < -0.4 is 5.32 Å². The van der Waals surface area contributed by atoms with E-state index in [1.165, 1.54) is 5.56 Å². The van der Waals surface area contributed by atoms with Gasteiger partial charge in [0, 0.05) is 13.2 Å². The van der Waals surface area contributed by atoms with Crippen LogP contribution in [0.5, 0.6) is 0 Å². The van der Waals surface area contributed by atoms with E-state index in [1.54, 1.807) is 0 Å². The molecule has 0 spiro atoms. The highest BCUT2D eigenvalue weighted by Crippen LogP contribution is 2.14. The zero-order valence-electron chi connectivity index (χ0n) is 15.6. The molecule has 0 aliphatic rings. The van der Waals surface area contributed by atoms with E-state index < -0.39 is 0 Å². The molecule has 0 radical (unpaired) electrons. The van der Waals surface area contributed by atoms with Gasteiger partial charge in [-0.15, -0.1) is 0 Å². The average Bonchev–Trinajstić information content (AvgIpc) is 2.53. The molecule has 0 unspecified atom stereocenters. The van der Waals surface area contributed by atoms with Gasteiger partial charge in [-0.25, -0.2) is 0 Å². The van der Waals surface area contributed by atoms with Crippen molar-refractivity contribution in [1.29, 1.82) is 0 Å². The van der Waals surface area contributed by atoms with Crippen LogP contribution in [0.2, 0.25) is 0 Å². The van der Waals surface area contributed by atoms with Gasteiger partial charge >= 0.3 is 0 Å². The van der Waals surface area contributed by atoms with Gasteiger partial charge in [0.2, 0.25) is 5.91 Å². The molecule has 0 aliphatic carbocycles. The molecule has 1 aromatic carbocycles. The van der Waals surface area contributed by atoms with E-state index in [0.29, 0.717) is 44.6 Å². The first kappa shape index (κ1) is 20.7. The van der Waals surface area contributed by atoms with E-state index in [4.69, 9.17) is 9.47 Å². The van der Waals surface area contributed by atoms with E-state index in [2.05, 4.69) is 45.1 Å². The molecule has 0 heterocycles. The third kappa shape index (κ3) is 9.68. The molecule has 1 rings (SSSR count). The van der Waals surface area contributed by atoms with Crippen LogP contribution in [-0.4, -0.2) is 38.9 Å². The molecule has 1 aromatic rings. The zero-order valence-corrected chi connectivity index (χ0v) is 15.6. The molecule has 1 amide bonds. The lowest BCUT2D eigenvalue weighted by molar-refractivity contribution is -0.120. The molecular formula is C20H33NO3. The van der Waals surface area contributed by atoms with E-state index >= 15 is 0 Å². The zero-order chi connectivity index (χ0) is 17.8. The van der Waals surface area contributed by atoms with Crippen molar-refractivity contribution in [3.63, 3.8) is 0 Å². The minimum absolute atomic E-state index is 0.0316. The van der Waals surface area contributed by atoms with Crippen LogP contribution in [0, 0.1) is 5.92 Å². The van der Waals surface area contributed by atoms with Crippen LogP contribution in [-0.2, 0) is 20.7 Å². The summed E-state index contributed by atoms with van der Waals surface area (Å²) in [5.74, 6) is 1.21. The molecule has 24 heavy (non-hydrogen) atoms. The fraction of sp³-hybridized carbons (Fsp3) is 0.650. The molecule has 0 bridgehead atoms. The van der Waals surface area contributed by atoms with Crippen LogP contribution in [0.25, 0.3) is 0 Å². The molecule has 0 fully saturated rings. The monoisotopic (exact) mass is 335 g/mol. The first-order chi connectivity index (χ1) is 11.5. The molecule has 4 nitrogen and oxygen atoms in total. The largest absolute Gasteiger partial charge is 0.379 e. The standard InChI is InChI=1S/C20H33NO3/c1-16(2)9-11-23-13-14-24-12-10-21-20(22)15-18-5-7-19(8-6-18)17(3)4/h5-8,16-17H,9-15H2,1-4H3,(H,21,22). The van der Waals surface area contributed by atoms with Crippen molar-refractivity contribution in [2.75, 3.05) is 33.0 Å². The van der Waals surface area contributed by atoms with Crippen LogP contribution in [0.15, 0.2) is 24.3 Å². The number of benzene rings is 1. The molecule has 0 saturated heterocycles. The third-order valence-corrected chi connectivity index (χ3v) is 3.79. The highest BCUT2D eigenvalue weighted by Gasteiger charge is 2.04. The Balaban J connectivity index is 2.04. The molecule has 1 N–H and O–H groups in total. The normalized spacial score (nSPS) is 11.2. The maximum absolute atomic E-state index is 11.9. The number of carbonyl (C=O) groups excluding carboxylic acids is 1. The predicted octanol–water partition coefficient (Wildman–Crippen LogP) is 3.55. The van der Waals surface area contributed by atoms with Crippen LogP contribution in [0.3, 0.4) is 0 Å². The van der Waals surface area contributed by atoms with Gasteiger partial charge in [0.25, 0.3) is 0 Å². The summed E-state index contributed by atoms with van der Waals surface area (Å²) < 4.78 is 10.9. The van der Waals surface area contributed by atoms with E-state index in [9.17, 15) is 4.79 Å². The second kappa shape index (κ2) is 12.0. The summed E-state index contributed by atoms with van der Waals surface area (Å²) in [6.45, 7) is 11.7. The quantitative estimate of drug-likeness (QED) is 0.594. The van der Waals surface area contributed by atoms with Gasteiger partial charge in [0.15, 0.2) is 0 Å². The fourth-order valence-corrected chi connectivity index (χ4v) is 2.17. The Morgan fingerprint density at radius 1 is 0.958 bits per heavy atom. The maximum atomic E-state index is 11.9. The van der Waals surface area contributed by atoms with Crippen molar-refractivity contribution in [3.05, 3.63) is 35.4 Å². The smallest absolute Gasteiger partial charge is 0.224 e. The minimum Gasteiger partial charge on any atom is -0.379 e. The summed E-state index contributed by atoms with van der Waals surface area (Å²) in [7, 11) is 0. The lowest BCUT2D eigenvalue weighted by Crippen LogP contribution is -2.29. The number of nitrogens with one attached hydrogen (secondary N) is 1. The topological polar surface area (TPSA) is 47.6 Å². The first-order valence-electron chi connectivity index (χ1n) is 9.00. The Bertz CT molecular complexity index is 454. The van der Waals surface area contributed by atoms with Gasteiger partial charge in [-0.2, -0.15) is 0 Å². The summed E-state index contributed by atoms with van der Waals surface area (Å²) in [4.78, 5) is 11.9. The molecule has 0 atom stereocenters. The van der Waals surface area contributed by atoms with Gasteiger partial charge < -0.3 is 14.8 Å². The summed E-state index contributed by atoms with van der Waals surface area (Å²) in [6.07, 6.45) is 1.49. The maximum Gasteiger partial charge on any atom is 0.224 e. The number of carbonyl (C=O) groups is 1. The Morgan fingerprint density at radius 2 is 1.58 bits per heavy atom. The van der Waals surface area contributed by atoms with Gasteiger partial charge in [0.1, 0.15) is 0 Å². The van der Waals surface area contributed by atoms with Crippen molar-refractivity contribution >= 4 is 5.91 Å². The fourth-order valence-electron chi connectivity index (χ4n) is 2.17. The SMILES string of the molecule is CC(C)CCOCCOCCNC(=O)Cc1ccc(C(C)C)cc1. The molecule has 0 aliphatic heterocycles. The number of ether oxygens (including phenoxy) is 2. The summed E-state index contributed by atoms with van der Waals surface area (Å²) in [5, 5.41) is 2.88. The average molecular weight is 335 g/mol. The molecule has 0 saturated carbocycles. The summed E-state index contributed by atoms with van der Waals surface area (Å²) in [5.41, 5.74) is 2.33. The molecule has 0 aromatic heterocycles. The lowest BCUT2D eigenvalue weighted by atomic mass is 10.0. The van der Waals surface area contributed by atoms with E-state index in [1.807, 2.05) is 12.1 Å². The van der Waals surface area contributed by atoms with Gasteiger partial charge in [-0.05, 0) is 29.4 Å². The van der Waals surface area contributed by atoms with Crippen molar-refractivity contribution in [2.24, 2.45) is 5.92 Å². The summed E-state index contributed by atoms with van der Waals surface area (Å²) >= 11 is 0. The Morgan fingerprint density at radius 3 is 2.17 bits per heavy atom. The third-order valence-electron chi connectivity index (χ3n) is 3.79. The molecular weight excluding hydrogens is 302 g/mol. The van der Waals surface area contributed by atoms with Crippen LogP contribution >= 0.6 is 0 Å². The van der Waals surface area contributed by atoms with E-state index in [-0.39, 0.29) is 5.91 Å². The van der Waals surface area contributed by atoms with Crippen molar-refractivity contribution in [3.8, 4) is 0 Å². The van der Waals surface area contributed by atoms with Crippen LogP contribution in [0.1, 0.15) is 51.2 Å². The minimum atomic E-state index is 0.0316. The summed E-state index contributed by atoms with van der Waals surface area (Å²) in [6, 6.07) is 8.24. The second-order valence-electron chi connectivity index (χ2n) is 6.83. The Hall–Kier alpha value is -1.39. The van der Waals surface area contributed by atoms with Crippen molar-refractivity contribution < 1.29 is 14.3 Å². The molecule has 136 valence electrons. The lowest BCUT2D eigenvalue weighted by Gasteiger charge is -2.09. The number of amides is 1. The molecule has 4 heteroatoms. The highest BCUT2D eigenvalue weighted by molar-refractivity contribution is 5.78. The van der Waals surface area contributed by atoms with Crippen molar-refractivity contribution in [1.82, 2.24) is 5.32 Å². The Kier molecular flexibility index (Phi) is 10.4. The first-order valence-corrected chi connectivity index (χ1v) is 9.00. The van der Waals surface area contributed by atoms with Gasteiger partial charge in [-0.1, -0.05) is 52.0 Å². The van der Waals surface area contributed by atoms with E-state index in [0.717, 1.165) is 18.6 Å². The number of rotatable bonds is 12.